The zero-order valence-electron chi connectivity index (χ0n) is 14.5. The molecule has 0 spiro atoms. The third-order valence-electron chi connectivity index (χ3n) is 3.48. The Morgan fingerprint density at radius 2 is 2.07 bits per heavy atom. The predicted octanol–water partition coefficient (Wildman–Crippen LogP) is 4.18. The van der Waals surface area contributed by atoms with E-state index in [1.54, 1.807) is 6.92 Å². The number of anilines is 1. The maximum absolute atomic E-state index is 14.1. The summed E-state index contributed by atoms with van der Waals surface area (Å²) in [4.78, 5) is 3.71. The summed E-state index contributed by atoms with van der Waals surface area (Å²) in [6, 6.07) is 4.02. The number of aromatic hydroxyl groups is 1. The van der Waals surface area contributed by atoms with Crippen LogP contribution >= 0.6 is 35.0 Å². The number of phenols is 1. The maximum Gasteiger partial charge on any atom is 0.237 e. The summed E-state index contributed by atoms with van der Waals surface area (Å²) in [5.74, 6) is 0.691. The first-order chi connectivity index (χ1) is 12.8. The van der Waals surface area contributed by atoms with Crippen molar-refractivity contribution in [2.24, 2.45) is 5.73 Å². The number of nitrogens with two attached hydrogens (primary N) is 1. The SMILES string of the molecule is CC(N)c1cc(Oc2c(Cl)c(F)nc(NCCSCCO)c2Cl)ccc1O. The van der Waals surface area contributed by atoms with Crippen molar-refractivity contribution in [3.8, 4) is 17.2 Å². The second-order valence-electron chi connectivity index (χ2n) is 5.58. The maximum atomic E-state index is 14.1. The molecular weight excluding hydrogens is 416 g/mol. The molecule has 0 radical (unpaired) electrons. The lowest BCUT2D eigenvalue weighted by atomic mass is 10.1. The fourth-order valence-electron chi connectivity index (χ4n) is 2.19. The van der Waals surface area contributed by atoms with Crippen molar-refractivity contribution in [1.29, 1.82) is 0 Å². The molecule has 1 unspecified atom stereocenters. The number of hydrogen-bond acceptors (Lipinski definition) is 7. The summed E-state index contributed by atoms with van der Waals surface area (Å²) < 4.78 is 19.8. The summed E-state index contributed by atoms with van der Waals surface area (Å²) in [6.45, 7) is 2.26. The molecule has 6 nitrogen and oxygen atoms in total. The highest BCUT2D eigenvalue weighted by Gasteiger charge is 2.20. The van der Waals surface area contributed by atoms with Gasteiger partial charge in [-0.2, -0.15) is 21.1 Å². The average Bonchev–Trinajstić information content (AvgIpc) is 2.63. The minimum atomic E-state index is -0.923. The largest absolute Gasteiger partial charge is 0.508 e. The van der Waals surface area contributed by atoms with Crippen LogP contribution in [0.1, 0.15) is 18.5 Å². The molecule has 148 valence electrons. The first-order valence-corrected chi connectivity index (χ1v) is 9.99. The van der Waals surface area contributed by atoms with Crippen LogP contribution in [0.2, 0.25) is 10.0 Å². The fourth-order valence-corrected chi connectivity index (χ4v) is 3.23. The highest BCUT2D eigenvalue weighted by Crippen LogP contribution is 2.42. The van der Waals surface area contributed by atoms with Crippen LogP contribution < -0.4 is 15.8 Å². The van der Waals surface area contributed by atoms with E-state index in [9.17, 15) is 9.50 Å². The monoisotopic (exact) mass is 435 g/mol. The highest BCUT2D eigenvalue weighted by molar-refractivity contribution is 7.99. The van der Waals surface area contributed by atoms with E-state index in [2.05, 4.69) is 10.3 Å². The van der Waals surface area contributed by atoms with Gasteiger partial charge in [0.15, 0.2) is 11.6 Å². The van der Waals surface area contributed by atoms with Crippen molar-refractivity contribution in [1.82, 2.24) is 4.98 Å². The lowest BCUT2D eigenvalue weighted by molar-refractivity contribution is 0.322. The standard InChI is InChI=1S/C17H20Cl2FN3O3S/c1-9(21)11-8-10(2-3-12(11)25)26-15-13(18)16(20)23-17(14(15)19)22-4-6-27-7-5-24/h2-3,8-9,24-25H,4-7,21H2,1H3,(H,22,23). The van der Waals surface area contributed by atoms with Gasteiger partial charge in [0, 0.05) is 29.7 Å². The van der Waals surface area contributed by atoms with Crippen LogP contribution in [0.25, 0.3) is 0 Å². The number of ether oxygens (including phenoxy) is 1. The molecule has 10 heteroatoms. The number of benzene rings is 1. The van der Waals surface area contributed by atoms with Crippen LogP contribution in [0.15, 0.2) is 18.2 Å². The molecule has 5 N–H and O–H groups in total. The first-order valence-electron chi connectivity index (χ1n) is 8.08. The van der Waals surface area contributed by atoms with Crippen molar-refractivity contribution in [2.75, 3.05) is 30.0 Å². The molecule has 0 bridgehead atoms. The predicted molar refractivity (Wildman–Crippen MR) is 108 cm³/mol. The Labute approximate surface area is 170 Å². The van der Waals surface area contributed by atoms with Crippen LogP contribution in [-0.2, 0) is 0 Å². The number of aliphatic hydroxyl groups is 1. The van der Waals surface area contributed by atoms with Crippen molar-refractivity contribution in [3.63, 3.8) is 0 Å². The number of rotatable bonds is 9. The van der Waals surface area contributed by atoms with Gasteiger partial charge in [0.05, 0.1) is 6.61 Å². The van der Waals surface area contributed by atoms with Gasteiger partial charge in [-0.25, -0.2) is 0 Å². The van der Waals surface area contributed by atoms with Gasteiger partial charge in [-0.05, 0) is 25.1 Å². The van der Waals surface area contributed by atoms with E-state index in [0.29, 0.717) is 29.4 Å². The van der Waals surface area contributed by atoms with Gasteiger partial charge in [-0.15, -0.1) is 0 Å². The summed E-state index contributed by atoms with van der Waals surface area (Å²) in [7, 11) is 0. The minimum absolute atomic E-state index is 0.0261. The molecule has 2 rings (SSSR count). The Kier molecular flexibility index (Phi) is 8.25. The number of aromatic nitrogens is 1. The van der Waals surface area contributed by atoms with Crippen molar-refractivity contribution in [3.05, 3.63) is 39.8 Å². The van der Waals surface area contributed by atoms with Gasteiger partial charge in [0.1, 0.15) is 21.5 Å². The number of nitrogens with zero attached hydrogens (tertiary/aromatic N) is 1. The summed E-state index contributed by atoms with van der Waals surface area (Å²) >= 11 is 13.8. The third-order valence-corrected chi connectivity index (χ3v) is 5.12. The number of aliphatic hydroxyl groups excluding tert-OH is 1. The van der Waals surface area contributed by atoms with Crippen LogP contribution in [0.4, 0.5) is 10.2 Å². The zero-order chi connectivity index (χ0) is 20.0. The molecule has 0 aliphatic heterocycles. The van der Waals surface area contributed by atoms with Crippen molar-refractivity contribution < 1.29 is 19.3 Å². The average molecular weight is 436 g/mol. The molecule has 27 heavy (non-hydrogen) atoms. The van der Waals surface area contributed by atoms with E-state index in [-0.39, 0.29) is 34.0 Å². The molecule has 0 fully saturated rings. The van der Waals surface area contributed by atoms with Gasteiger partial charge < -0.3 is 26.0 Å². The molecule has 2 aromatic rings. The Morgan fingerprint density at radius 1 is 1.33 bits per heavy atom. The number of phenolic OH excluding ortho intramolecular Hbond substituents is 1. The van der Waals surface area contributed by atoms with E-state index >= 15 is 0 Å². The molecule has 1 aromatic heterocycles. The molecule has 0 saturated carbocycles. The molecular formula is C17H20Cl2FN3O3S. The Morgan fingerprint density at radius 3 is 2.74 bits per heavy atom. The number of nitrogens with one attached hydrogen (secondary N) is 1. The van der Waals surface area contributed by atoms with Gasteiger partial charge >= 0.3 is 0 Å². The molecule has 1 aromatic carbocycles. The zero-order valence-corrected chi connectivity index (χ0v) is 16.8. The first kappa shape index (κ1) is 21.8. The van der Waals surface area contributed by atoms with Crippen molar-refractivity contribution >= 4 is 40.8 Å². The second-order valence-corrected chi connectivity index (χ2v) is 7.56. The Balaban J connectivity index is 2.24. The number of hydrogen-bond donors (Lipinski definition) is 4. The molecule has 0 saturated heterocycles. The molecule has 1 heterocycles. The van der Waals surface area contributed by atoms with Crippen LogP contribution in [0.5, 0.6) is 17.2 Å². The van der Waals surface area contributed by atoms with Crippen LogP contribution in [0.3, 0.4) is 0 Å². The van der Waals surface area contributed by atoms with Gasteiger partial charge in [-0.1, -0.05) is 23.2 Å². The van der Waals surface area contributed by atoms with E-state index in [4.69, 9.17) is 38.8 Å². The highest BCUT2D eigenvalue weighted by atomic mass is 35.5. The number of thioether (sulfide) groups is 1. The topological polar surface area (TPSA) is 101 Å². The lowest BCUT2D eigenvalue weighted by Gasteiger charge is -2.15. The minimum Gasteiger partial charge on any atom is -0.508 e. The van der Waals surface area contributed by atoms with E-state index in [1.807, 2.05) is 0 Å². The van der Waals surface area contributed by atoms with Gasteiger partial charge in [-0.3, -0.25) is 0 Å². The third kappa shape index (κ3) is 5.76. The number of halogens is 3. The lowest BCUT2D eigenvalue weighted by Crippen LogP contribution is -2.09. The van der Waals surface area contributed by atoms with E-state index in [0.717, 1.165) is 0 Å². The quantitative estimate of drug-likeness (QED) is 0.346. The molecule has 1 atom stereocenters. The summed E-state index contributed by atoms with van der Waals surface area (Å²) in [6.07, 6.45) is 0. The summed E-state index contributed by atoms with van der Waals surface area (Å²) in [5.41, 5.74) is 6.28. The Bertz CT molecular complexity index is 797. The summed E-state index contributed by atoms with van der Waals surface area (Å²) in [5, 5.41) is 21.2. The van der Waals surface area contributed by atoms with Crippen molar-refractivity contribution in [2.45, 2.75) is 13.0 Å². The second kappa shape index (κ2) is 10.2. The Hall–Kier alpha value is -1.45. The normalized spacial score (nSPS) is 12.1. The molecule has 0 aliphatic rings. The molecule has 0 aliphatic carbocycles. The van der Waals surface area contributed by atoms with Gasteiger partial charge in [0.25, 0.3) is 0 Å². The van der Waals surface area contributed by atoms with Crippen LogP contribution in [-0.4, -0.2) is 39.9 Å². The smallest absolute Gasteiger partial charge is 0.237 e. The van der Waals surface area contributed by atoms with Gasteiger partial charge in [0.2, 0.25) is 5.95 Å². The van der Waals surface area contributed by atoms with E-state index < -0.39 is 12.0 Å². The van der Waals surface area contributed by atoms with E-state index in [1.165, 1.54) is 30.0 Å². The number of pyridine rings is 1. The fraction of sp³-hybridized carbons (Fsp3) is 0.353. The molecule has 0 amide bonds. The van der Waals surface area contributed by atoms with Crippen LogP contribution in [0, 0.1) is 5.95 Å².